The van der Waals surface area contributed by atoms with E-state index in [4.69, 9.17) is 0 Å². The number of nitrogens with one attached hydrogen (secondary N) is 1. The Morgan fingerprint density at radius 3 is 3.10 bits per heavy atom. The molecule has 20 heavy (non-hydrogen) atoms. The van der Waals surface area contributed by atoms with Crippen molar-refractivity contribution in [3.05, 3.63) is 29.3 Å². The number of aromatic nitrogens is 1. The number of hydrogen-bond donors (Lipinski definition) is 1. The Kier molecular flexibility index (Phi) is 4.65. The number of hydrogen-bond acceptors (Lipinski definition) is 4. The highest BCUT2D eigenvalue weighted by atomic mass is 32.1. The van der Waals surface area contributed by atoms with E-state index < -0.39 is 0 Å². The van der Waals surface area contributed by atoms with Crippen molar-refractivity contribution < 1.29 is 0 Å². The molecule has 1 saturated heterocycles. The average molecular weight is 289 g/mol. The Morgan fingerprint density at radius 1 is 1.40 bits per heavy atom. The van der Waals surface area contributed by atoms with Gasteiger partial charge in [-0.1, -0.05) is 0 Å². The summed E-state index contributed by atoms with van der Waals surface area (Å²) in [6.45, 7) is 7.15. The average Bonchev–Trinajstić information content (AvgIpc) is 3.13. The first-order valence-corrected chi connectivity index (χ1v) is 8.50. The molecule has 0 saturated carbocycles. The van der Waals surface area contributed by atoms with Crippen molar-refractivity contribution in [2.75, 3.05) is 26.2 Å². The van der Waals surface area contributed by atoms with Gasteiger partial charge in [-0.3, -0.25) is 4.98 Å². The van der Waals surface area contributed by atoms with Crippen molar-refractivity contribution in [2.45, 2.75) is 32.2 Å². The maximum Gasteiger partial charge on any atom is 0.0809 e. The summed E-state index contributed by atoms with van der Waals surface area (Å²) in [5.41, 5.74) is 2.40. The van der Waals surface area contributed by atoms with Gasteiger partial charge in [0.2, 0.25) is 0 Å². The monoisotopic (exact) mass is 289 g/mol. The van der Waals surface area contributed by atoms with Crippen LogP contribution in [-0.4, -0.2) is 36.1 Å². The molecular formula is C16H23N3S. The second-order valence-electron chi connectivity index (χ2n) is 5.65. The van der Waals surface area contributed by atoms with Gasteiger partial charge in [-0.15, -0.1) is 11.3 Å². The van der Waals surface area contributed by atoms with E-state index in [9.17, 15) is 0 Å². The summed E-state index contributed by atoms with van der Waals surface area (Å²) in [7, 11) is 0. The van der Waals surface area contributed by atoms with Crippen molar-refractivity contribution in [2.24, 2.45) is 0 Å². The van der Waals surface area contributed by atoms with Crippen LogP contribution in [0.1, 0.15) is 37.8 Å². The van der Waals surface area contributed by atoms with Crippen LogP contribution in [0, 0.1) is 0 Å². The number of fused-ring (bicyclic) bond motifs is 1. The van der Waals surface area contributed by atoms with E-state index in [-0.39, 0.29) is 0 Å². The second-order valence-corrected chi connectivity index (χ2v) is 6.60. The van der Waals surface area contributed by atoms with Crippen LogP contribution < -0.4 is 5.32 Å². The molecule has 0 aromatic carbocycles. The quantitative estimate of drug-likeness (QED) is 0.826. The van der Waals surface area contributed by atoms with Crippen LogP contribution in [0.4, 0.5) is 0 Å². The van der Waals surface area contributed by atoms with Gasteiger partial charge in [-0.05, 0) is 75.4 Å². The Bertz CT molecular complexity index is 545. The summed E-state index contributed by atoms with van der Waals surface area (Å²) in [5, 5.41) is 5.72. The van der Waals surface area contributed by atoms with Crippen molar-refractivity contribution in [3.8, 4) is 0 Å². The molecule has 1 aliphatic rings. The Hall–Kier alpha value is -0.970. The number of likely N-dealkylation sites (tertiary alicyclic amines) is 1. The molecule has 0 amide bonds. The van der Waals surface area contributed by atoms with Gasteiger partial charge in [0, 0.05) is 12.2 Å². The fraction of sp³-hybridized carbons (Fsp3) is 0.562. The van der Waals surface area contributed by atoms with Gasteiger partial charge in [-0.25, -0.2) is 0 Å². The number of rotatable bonds is 6. The second kappa shape index (κ2) is 6.66. The minimum Gasteiger partial charge on any atom is -0.310 e. The molecule has 0 radical (unpaired) electrons. The minimum atomic E-state index is 0.382. The highest BCUT2D eigenvalue weighted by molar-refractivity contribution is 7.17. The molecule has 1 atom stereocenters. The molecule has 1 unspecified atom stereocenters. The zero-order valence-corrected chi connectivity index (χ0v) is 13.0. The lowest BCUT2D eigenvalue weighted by Crippen LogP contribution is -2.26. The van der Waals surface area contributed by atoms with Crippen molar-refractivity contribution in [3.63, 3.8) is 0 Å². The van der Waals surface area contributed by atoms with E-state index in [1.807, 2.05) is 6.20 Å². The van der Waals surface area contributed by atoms with Crippen molar-refractivity contribution in [1.82, 2.24) is 15.2 Å². The van der Waals surface area contributed by atoms with Crippen LogP contribution in [0.15, 0.2) is 23.7 Å². The van der Waals surface area contributed by atoms with Gasteiger partial charge in [0.25, 0.3) is 0 Å². The summed E-state index contributed by atoms with van der Waals surface area (Å²) >= 11 is 1.77. The SMILES string of the molecule is CC(NCCCN1CCCC1)c1cnc2ccsc2c1. The van der Waals surface area contributed by atoms with E-state index in [1.54, 1.807) is 11.3 Å². The van der Waals surface area contributed by atoms with Gasteiger partial charge in [-0.2, -0.15) is 0 Å². The molecule has 2 aromatic rings. The lowest BCUT2D eigenvalue weighted by atomic mass is 10.1. The summed E-state index contributed by atoms with van der Waals surface area (Å²) < 4.78 is 1.29. The molecular weight excluding hydrogens is 266 g/mol. The van der Waals surface area contributed by atoms with Crippen LogP contribution in [0.2, 0.25) is 0 Å². The molecule has 1 fully saturated rings. The van der Waals surface area contributed by atoms with E-state index in [0.717, 1.165) is 12.1 Å². The molecule has 108 valence electrons. The first-order valence-electron chi connectivity index (χ1n) is 7.62. The van der Waals surface area contributed by atoms with Gasteiger partial charge in [0.1, 0.15) is 0 Å². The van der Waals surface area contributed by atoms with Crippen LogP contribution in [0.3, 0.4) is 0 Å². The zero-order valence-electron chi connectivity index (χ0n) is 12.1. The standard InChI is InChI=1S/C16H23N3S/c1-13(17-6-4-9-19-7-2-3-8-19)14-11-16-15(18-12-14)5-10-20-16/h5,10-13,17H,2-4,6-9H2,1H3. The molecule has 4 heteroatoms. The van der Waals surface area contributed by atoms with Crippen LogP contribution in [0.25, 0.3) is 10.2 Å². The van der Waals surface area contributed by atoms with E-state index in [2.05, 4.69) is 39.6 Å². The zero-order chi connectivity index (χ0) is 13.8. The van der Waals surface area contributed by atoms with Gasteiger partial charge < -0.3 is 10.2 Å². The van der Waals surface area contributed by atoms with Gasteiger partial charge >= 0.3 is 0 Å². The summed E-state index contributed by atoms with van der Waals surface area (Å²) in [6, 6.07) is 4.73. The first-order chi connectivity index (χ1) is 9.83. The van der Waals surface area contributed by atoms with Crippen LogP contribution in [0.5, 0.6) is 0 Å². The maximum atomic E-state index is 4.52. The lowest BCUT2D eigenvalue weighted by molar-refractivity contribution is 0.328. The fourth-order valence-corrected chi connectivity index (χ4v) is 3.63. The largest absolute Gasteiger partial charge is 0.310 e. The third kappa shape index (κ3) is 3.37. The molecule has 3 nitrogen and oxygen atoms in total. The summed E-state index contributed by atoms with van der Waals surface area (Å²) in [6.07, 6.45) is 6.01. The highest BCUT2D eigenvalue weighted by Gasteiger charge is 2.11. The number of nitrogens with zero attached hydrogens (tertiary/aromatic N) is 2. The lowest BCUT2D eigenvalue weighted by Gasteiger charge is -2.17. The molecule has 1 aliphatic heterocycles. The topological polar surface area (TPSA) is 28.2 Å². The number of pyridine rings is 1. The molecule has 3 rings (SSSR count). The van der Waals surface area contributed by atoms with Gasteiger partial charge in [0.15, 0.2) is 0 Å². The molecule has 2 aromatic heterocycles. The van der Waals surface area contributed by atoms with Crippen molar-refractivity contribution in [1.29, 1.82) is 0 Å². The molecule has 3 heterocycles. The van der Waals surface area contributed by atoms with Crippen LogP contribution in [-0.2, 0) is 0 Å². The highest BCUT2D eigenvalue weighted by Crippen LogP contribution is 2.22. The van der Waals surface area contributed by atoms with Gasteiger partial charge in [0.05, 0.1) is 10.2 Å². The molecule has 0 aliphatic carbocycles. The summed E-state index contributed by atoms with van der Waals surface area (Å²) in [4.78, 5) is 7.09. The maximum absolute atomic E-state index is 4.52. The minimum absolute atomic E-state index is 0.382. The normalized spacial score (nSPS) is 17.9. The molecule has 0 spiro atoms. The predicted molar refractivity (Wildman–Crippen MR) is 86.3 cm³/mol. The van der Waals surface area contributed by atoms with Crippen LogP contribution >= 0.6 is 11.3 Å². The third-order valence-corrected chi connectivity index (χ3v) is 4.98. The Balaban J connectivity index is 1.46. The van der Waals surface area contributed by atoms with E-state index in [1.165, 1.54) is 49.2 Å². The molecule has 1 N–H and O–H groups in total. The fourth-order valence-electron chi connectivity index (χ4n) is 2.84. The van der Waals surface area contributed by atoms with E-state index >= 15 is 0 Å². The Labute approximate surface area is 125 Å². The number of thiophene rings is 1. The van der Waals surface area contributed by atoms with E-state index in [0.29, 0.717) is 6.04 Å². The summed E-state index contributed by atoms with van der Waals surface area (Å²) in [5.74, 6) is 0. The predicted octanol–water partition coefficient (Wildman–Crippen LogP) is 3.43. The molecule has 0 bridgehead atoms. The first kappa shape index (κ1) is 14.0. The van der Waals surface area contributed by atoms with Crippen molar-refractivity contribution >= 4 is 21.6 Å². The third-order valence-electron chi connectivity index (χ3n) is 4.12. The smallest absolute Gasteiger partial charge is 0.0809 e. The Morgan fingerprint density at radius 2 is 2.25 bits per heavy atom.